The first-order valence-electron chi connectivity index (χ1n) is 17.9. The number of hydrogen-bond donors (Lipinski definition) is 3. The topological polar surface area (TPSA) is 123 Å². The van der Waals surface area contributed by atoms with Gasteiger partial charge >= 0.3 is 12.1 Å². The number of ether oxygens (including phenoxy) is 2. The van der Waals surface area contributed by atoms with Crippen LogP contribution in [0.15, 0.2) is 103 Å². The van der Waals surface area contributed by atoms with Crippen molar-refractivity contribution in [1.82, 2.24) is 16.0 Å². The third-order valence-electron chi connectivity index (χ3n) is 9.60. The van der Waals surface area contributed by atoms with Crippen LogP contribution in [-0.4, -0.2) is 46.1 Å². The maximum atomic E-state index is 14.6. The molecule has 6 rings (SSSR count). The first-order valence-corrected chi connectivity index (χ1v) is 17.9. The normalized spacial score (nSPS) is 13.9. The molecule has 0 heterocycles. The fraction of sp³-hybridized carbons (Fsp3) is 0.318. The molecule has 0 spiro atoms. The van der Waals surface area contributed by atoms with Gasteiger partial charge in [0.1, 0.15) is 28.8 Å². The number of hydrogen-bond acceptors (Lipinski definition) is 6. The van der Waals surface area contributed by atoms with E-state index in [1.165, 1.54) is 13.8 Å². The monoisotopic (exact) mass is 713 g/mol. The smallest absolute Gasteiger partial charge is 0.408 e. The summed E-state index contributed by atoms with van der Waals surface area (Å²) in [7, 11) is 0. The second-order valence-electron chi connectivity index (χ2n) is 15.9. The van der Waals surface area contributed by atoms with Crippen LogP contribution >= 0.6 is 0 Å². The summed E-state index contributed by atoms with van der Waals surface area (Å²) in [6, 6.07) is 33.6. The molecular weight excluding hydrogens is 666 g/mol. The Kier molecular flexibility index (Phi) is 9.81. The fourth-order valence-electron chi connectivity index (χ4n) is 6.83. The van der Waals surface area contributed by atoms with Crippen LogP contribution in [0.1, 0.15) is 65.2 Å². The minimum Gasteiger partial charge on any atom is -0.458 e. The van der Waals surface area contributed by atoms with Crippen LogP contribution in [0.4, 0.5) is 4.79 Å². The Bertz CT molecular complexity index is 2130. The summed E-state index contributed by atoms with van der Waals surface area (Å²) in [4.78, 5) is 55.4. The Balaban J connectivity index is 1.34. The summed E-state index contributed by atoms with van der Waals surface area (Å²) in [5.41, 5.74) is -0.798. The predicted octanol–water partition coefficient (Wildman–Crippen LogP) is 7.56. The van der Waals surface area contributed by atoms with Crippen molar-refractivity contribution in [2.24, 2.45) is 0 Å². The quantitative estimate of drug-likeness (QED) is 0.143. The van der Waals surface area contributed by atoms with Gasteiger partial charge in [-0.3, -0.25) is 9.59 Å². The SMILES string of the molecule is CC(C)(C)OC(=O)C1(NC(=O)C(C)(C)NC(=O)C(C)(C)NC(=O)OCc2ccccc2)Cc2ccc3ccccc3c2-c2c(ccc3ccccc23)C1. The summed E-state index contributed by atoms with van der Waals surface area (Å²) in [6.45, 7) is 11.6. The zero-order chi connectivity index (χ0) is 38.2. The van der Waals surface area contributed by atoms with Gasteiger partial charge in [-0.1, -0.05) is 103 Å². The third kappa shape index (κ3) is 7.89. The lowest BCUT2D eigenvalue weighted by atomic mass is 9.84. The minimum atomic E-state index is -1.55. The number of fused-ring (bicyclic) bond motifs is 7. The largest absolute Gasteiger partial charge is 0.458 e. The van der Waals surface area contributed by atoms with Crippen molar-refractivity contribution in [3.63, 3.8) is 0 Å². The van der Waals surface area contributed by atoms with E-state index in [1.807, 2.05) is 78.9 Å². The van der Waals surface area contributed by atoms with Crippen LogP contribution in [0.5, 0.6) is 0 Å². The number of esters is 1. The molecule has 0 unspecified atom stereocenters. The first kappa shape index (κ1) is 37.1. The highest BCUT2D eigenvalue weighted by molar-refractivity contribution is 6.09. The van der Waals surface area contributed by atoms with Gasteiger partial charge in [0.15, 0.2) is 0 Å². The highest BCUT2D eigenvalue weighted by atomic mass is 16.6. The lowest BCUT2D eigenvalue weighted by molar-refractivity contribution is -0.165. The van der Waals surface area contributed by atoms with E-state index < -0.39 is 46.1 Å². The van der Waals surface area contributed by atoms with E-state index in [0.29, 0.717) is 0 Å². The zero-order valence-corrected chi connectivity index (χ0v) is 31.4. The van der Waals surface area contributed by atoms with Gasteiger partial charge in [0.05, 0.1) is 0 Å². The zero-order valence-electron chi connectivity index (χ0n) is 31.4. The van der Waals surface area contributed by atoms with E-state index in [1.54, 1.807) is 34.6 Å². The molecule has 0 fully saturated rings. The summed E-state index contributed by atoms with van der Waals surface area (Å²) < 4.78 is 11.4. The number of carbonyl (C=O) groups is 4. The second kappa shape index (κ2) is 14.0. The molecule has 5 aromatic rings. The number of rotatable bonds is 8. The molecule has 1 aliphatic carbocycles. The van der Waals surface area contributed by atoms with Gasteiger partial charge in [0, 0.05) is 12.8 Å². The van der Waals surface area contributed by atoms with Crippen LogP contribution in [0.2, 0.25) is 0 Å². The van der Waals surface area contributed by atoms with Gasteiger partial charge < -0.3 is 25.4 Å². The van der Waals surface area contributed by atoms with Crippen LogP contribution in [0, 0.1) is 0 Å². The first-order chi connectivity index (χ1) is 25.0. The van der Waals surface area contributed by atoms with Crippen molar-refractivity contribution < 1.29 is 28.7 Å². The van der Waals surface area contributed by atoms with Gasteiger partial charge in [-0.05, 0) is 97.8 Å². The van der Waals surface area contributed by atoms with E-state index in [9.17, 15) is 19.2 Å². The Labute approximate surface area is 310 Å². The van der Waals surface area contributed by atoms with Crippen LogP contribution in [-0.2, 0) is 43.3 Å². The number of nitrogens with one attached hydrogen (secondary N) is 3. The lowest BCUT2D eigenvalue weighted by Crippen LogP contribution is -2.67. The molecule has 0 aliphatic heterocycles. The van der Waals surface area contributed by atoms with E-state index in [-0.39, 0.29) is 19.4 Å². The van der Waals surface area contributed by atoms with Gasteiger partial charge in [-0.25, -0.2) is 9.59 Å². The van der Waals surface area contributed by atoms with E-state index in [2.05, 4.69) is 40.2 Å². The molecule has 5 aromatic carbocycles. The summed E-state index contributed by atoms with van der Waals surface area (Å²) in [5, 5.41) is 12.7. The maximum absolute atomic E-state index is 14.6. The van der Waals surface area contributed by atoms with Crippen molar-refractivity contribution in [3.8, 4) is 11.1 Å². The molecule has 0 saturated heterocycles. The number of amides is 3. The maximum Gasteiger partial charge on any atom is 0.408 e. The van der Waals surface area contributed by atoms with Crippen LogP contribution < -0.4 is 16.0 Å². The molecule has 0 saturated carbocycles. The molecule has 274 valence electrons. The van der Waals surface area contributed by atoms with E-state index in [4.69, 9.17) is 9.47 Å². The van der Waals surface area contributed by atoms with Gasteiger partial charge in [-0.2, -0.15) is 0 Å². The molecule has 0 radical (unpaired) electrons. The molecule has 53 heavy (non-hydrogen) atoms. The summed E-state index contributed by atoms with van der Waals surface area (Å²) >= 11 is 0. The van der Waals surface area contributed by atoms with Crippen molar-refractivity contribution in [3.05, 3.63) is 120 Å². The predicted molar refractivity (Wildman–Crippen MR) is 207 cm³/mol. The fourth-order valence-corrected chi connectivity index (χ4v) is 6.83. The Morgan fingerprint density at radius 2 is 1.09 bits per heavy atom. The minimum absolute atomic E-state index is 0.0306. The molecule has 9 nitrogen and oxygen atoms in total. The summed E-state index contributed by atoms with van der Waals surface area (Å²) in [6.07, 6.45) is -0.501. The lowest BCUT2D eigenvalue weighted by Gasteiger charge is -2.38. The van der Waals surface area contributed by atoms with Gasteiger partial charge in [-0.15, -0.1) is 0 Å². The summed E-state index contributed by atoms with van der Waals surface area (Å²) in [5.74, 6) is -1.79. The average molecular weight is 714 g/mol. The highest BCUT2D eigenvalue weighted by Gasteiger charge is 2.49. The Hall–Kier alpha value is -5.70. The second-order valence-corrected chi connectivity index (χ2v) is 15.9. The van der Waals surface area contributed by atoms with Crippen LogP contribution in [0.3, 0.4) is 0 Å². The standard InChI is InChI=1S/C44H47N3O6/c1-41(2,3)53-39(50)44(46-38(49)42(4,5)45-37(48)43(6,7)47-40(51)52-27-28-15-9-8-10-16-28)25-31-23-21-29-17-11-13-19-33(29)35(31)36-32(26-44)24-22-30-18-12-14-20-34(30)36/h8-24H,25-27H2,1-7H3,(H,45,48)(H,46,49)(H,47,51). The highest BCUT2D eigenvalue weighted by Crippen LogP contribution is 2.44. The molecule has 0 aromatic heterocycles. The van der Waals surface area contributed by atoms with Gasteiger partial charge in [0.25, 0.3) is 0 Å². The molecule has 3 amide bonds. The van der Waals surface area contributed by atoms with Crippen molar-refractivity contribution in [1.29, 1.82) is 0 Å². The third-order valence-corrected chi connectivity index (χ3v) is 9.60. The molecule has 3 N–H and O–H groups in total. The van der Waals surface area contributed by atoms with Crippen molar-refractivity contribution in [2.45, 2.75) is 90.1 Å². The van der Waals surface area contributed by atoms with Crippen molar-refractivity contribution in [2.75, 3.05) is 0 Å². The number of alkyl carbamates (subject to hydrolysis) is 1. The molecule has 0 atom stereocenters. The number of carbonyl (C=O) groups excluding carboxylic acids is 4. The molecule has 1 aliphatic rings. The Morgan fingerprint density at radius 1 is 0.604 bits per heavy atom. The number of benzene rings is 5. The average Bonchev–Trinajstić information content (AvgIpc) is 3.25. The molecule has 0 bridgehead atoms. The van der Waals surface area contributed by atoms with Crippen molar-refractivity contribution >= 4 is 45.4 Å². The van der Waals surface area contributed by atoms with Gasteiger partial charge in [0.2, 0.25) is 11.8 Å². The van der Waals surface area contributed by atoms with Crippen LogP contribution in [0.25, 0.3) is 32.7 Å². The molecular formula is C44H47N3O6. The van der Waals surface area contributed by atoms with E-state index in [0.717, 1.165) is 49.4 Å². The Morgan fingerprint density at radius 3 is 1.62 bits per heavy atom. The molecule has 9 heteroatoms. The van der Waals surface area contributed by atoms with E-state index >= 15 is 0 Å².